The summed E-state index contributed by atoms with van der Waals surface area (Å²) in [6.07, 6.45) is -4.29. The minimum absolute atomic E-state index is 0.263. The second-order valence-electron chi connectivity index (χ2n) is 5.92. The lowest BCUT2D eigenvalue weighted by molar-refractivity contribution is -0.153. The van der Waals surface area contributed by atoms with E-state index in [-0.39, 0.29) is 5.75 Å². The zero-order chi connectivity index (χ0) is 14.9. The molecule has 0 bridgehead atoms. The topological polar surface area (TPSA) is 24.5 Å². The monoisotopic (exact) mass is 300 g/mol. The molecule has 6 heteroatoms. The van der Waals surface area contributed by atoms with Gasteiger partial charge in [0, 0.05) is 19.6 Å². The fourth-order valence-corrected chi connectivity index (χ4v) is 3.20. The van der Waals surface area contributed by atoms with E-state index in [1.165, 1.54) is 0 Å². The van der Waals surface area contributed by atoms with E-state index < -0.39 is 12.8 Å². The van der Waals surface area contributed by atoms with Crippen molar-refractivity contribution < 1.29 is 17.9 Å². The molecule has 0 aliphatic carbocycles. The van der Waals surface area contributed by atoms with Gasteiger partial charge in [-0.2, -0.15) is 13.2 Å². The van der Waals surface area contributed by atoms with E-state index in [2.05, 4.69) is 10.2 Å². The van der Waals surface area contributed by atoms with Crippen molar-refractivity contribution in [1.29, 1.82) is 0 Å². The summed E-state index contributed by atoms with van der Waals surface area (Å²) in [5.41, 5.74) is 1.11. The summed E-state index contributed by atoms with van der Waals surface area (Å²) in [5.74, 6) is 1.76. The standard InChI is InChI=1S/C15H19F3N2O/c16-15(17,18)10-21-14-3-1-11(2-4-14)7-20-8-12-5-19-6-13(12)9-20/h1-4,12-13,19H,5-10H2/t12-,13+. The Bertz CT molecular complexity index is 463. The lowest BCUT2D eigenvalue weighted by atomic mass is 10.0. The first-order valence-electron chi connectivity index (χ1n) is 7.21. The maximum absolute atomic E-state index is 12.1. The third-order valence-electron chi connectivity index (χ3n) is 4.20. The number of fused-ring (bicyclic) bond motifs is 1. The summed E-state index contributed by atoms with van der Waals surface area (Å²) in [4.78, 5) is 2.42. The summed E-state index contributed by atoms with van der Waals surface area (Å²) >= 11 is 0. The number of hydrogen-bond acceptors (Lipinski definition) is 3. The zero-order valence-electron chi connectivity index (χ0n) is 11.7. The SMILES string of the molecule is FC(F)(F)COc1ccc(CN2C[C@H]3CNC[C@H]3C2)cc1. The molecule has 0 radical (unpaired) electrons. The third-order valence-corrected chi connectivity index (χ3v) is 4.20. The molecule has 3 rings (SSSR count). The zero-order valence-corrected chi connectivity index (χ0v) is 11.7. The second-order valence-corrected chi connectivity index (χ2v) is 5.92. The van der Waals surface area contributed by atoms with Crippen LogP contribution in [0.25, 0.3) is 0 Å². The summed E-state index contributed by atoms with van der Waals surface area (Å²) in [7, 11) is 0. The van der Waals surface area contributed by atoms with Gasteiger partial charge >= 0.3 is 6.18 Å². The molecule has 1 aromatic carbocycles. The number of alkyl halides is 3. The Morgan fingerprint density at radius 1 is 1.10 bits per heavy atom. The van der Waals surface area contributed by atoms with Crippen molar-refractivity contribution in [1.82, 2.24) is 10.2 Å². The van der Waals surface area contributed by atoms with Gasteiger partial charge in [-0.15, -0.1) is 0 Å². The summed E-state index contributed by atoms with van der Waals surface area (Å²) in [6.45, 7) is 4.02. The van der Waals surface area contributed by atoms with Crippen molar-refractivity contribution >= 4 is 0 Å². The number of likely N-dealkylation sites (tertiary alicyclic amines) is 1. The molecule has 0 amide bonds. The lowest BCUT2D eigenvalue weighted by Crippen LogP contribution is -2.25. The van der Waals surface area contributed by atoms with Gasteiger partial charge in [0.2, 0.25) is 0 Å². The lowest BCUT2D eigenvalue weighted by Gasteiger charge is -2.17. The first-order chi connectivity index (χ1) is 9.99. The van der Waals surface area contributed by atoms with Crippen molar-refractivity contribution in [3.8, 4) is 5.75 Å². The molecular formula is C15H19F3N2O. The van der Waals surface area contributed by atoms with E-state index in [4.69, 9.17) is 4.74 Å². The second kappa shape index (κ2) is 5.85. The average Bonchev–Trinajstić information content (AvgIpc) is 2.98. The van der Waals surface area contributed by atoms with Crippen LogP contribution in [0.4, 0.5) is 13.2 Å². The van der Waals surface area contributed by atoms with E-state index in [1.807, 2.05) is 12.1 Å². The van der Waals surface area contributed by atoms with E-state index in [9.17, 15) is 13.2 Å². The largest absolute Gasteiger partial charge is 0.484 e. The van der Waals surface area contributed by atoms with Crippen LogP contribution in [0.1, 0.15) is 5.56 Å². The number of benzene rings is 1. The molecule has 116 valence electrons. The Balaban J connectivity index is 1.50. The van der Waals surface area contributed by atoms with Gasteiger partial charge in [0.05, 0.1) is 0 Å². The van der Waals surface area contributed by atoms with Gasteiger partial charge < -0.3 is 10.1 Å². The van der Waals surface area contributed by atoms with Crippen LogP contribution in [0, 0.1) is 11.8 Å². The first-order valence-corrected chi connectivity index (χ1v) is 7.21. The van der Waals surface area contributed by atoms with Crippen molar-refractivity contribution in [2.45, 2.75) is 12.7 Å². The minimum atomic E-state index is -4.29. The predicted octanol–water partition coefficient (Wildman–Crippen LogP) is 2.28. The van der Waals surface area contributed by atoms with Crippen LogP contribution in [0.15, 0.2) is 24.3 Å². The molecule has 0 unspecified atom stereocenters. The quantitative estimate of drug-likeness (QED) is 0.923. The Labute approximate surface area is 122 Å². The fourth-order valence-electron chi connectivity index (χ4n) is 3.20. The van der Waals surface area contributed by atoms with Crippen LogP contribution in [0.3, 0.4) is 0 Å². The van der Waals surface area contributed by atoms with Gasteiger partial charge in [0.15, 0.2) is 6.61 Å². The number of nitrogens with one attached hydrogen (secondary N) is 1. The molecule has 1 aromatic rings. The Morgan fingerprint density at radius 3 is 2.29 bits per heavy atom. The fraction of sp³-hybridized carbons (Fsp3) is 0.600. The first kappa shape index (κ1) is 14.7. The minimum Gasteiger partial charge on any atom is -0.484 e. The summed E-state index contributed by atoms with van der Waals surface area (Å²) < 4.78 is 40.9. The molecule has 2 aliphatic rings. The molecule has 0 spiro atoms. The van der Waals surface area contributed by atoms with Gasteiger partial charge in [-0.25, -0.2) is 0 Å². The highest BCUT2D eigenvalue weighted by molar-refractivity contribution is 5.27. The van der Waals surface area contributed by atoms with Crippen LogP contribution < -0.4 is 10.1 Å². The maximum Gasteiger partial charge on any atom is 0.422 e. The number of hydrogen-bond donors (Lipinski definition) is 1. The van der Waals surface area contributed by atoms with E-state index in [0.717, 1.165) is 50.1 Å². The maximum atomic E-state index is 12.1. The van der Waals surface area contributed by atoms with Gasteiger partial charge in [-0.3, -0.25) is 4.90 Å². The average molecular weight is 300 g/mol. The van der Waals surface area contributed by atoms with Crippen LogP contribution >= 0.6 is 0 Å². The third kappa shape index (κ3) is 3.89. The Hall–Kier alpha value is -1.27. The van der Waals surface area contributed by atoms with E-state index in [1.54, 1.807) is 12.1 Å². The summed E-state index contributed by atoms with van der Waals surface area (Å²) in [6, 6.07) is 6.91. The van der Waals surface area contributed by atoms with Crippen LogP contribution in [-0.2, 0) is 6.54 Å². The van der Waals surface area contributed by atoms with Crippen LogP contribution in [0.2, 0.25) is 0 Å². The number of rotatable bonds is 4. The highest BCUT2D eigenvalue weighted by Gasteiger charge is 2.35. The molecule has 0 saturated carbocycles. The highest BCUT2D eigenvalue weighted by atomic mass is 19.4. The van der Waals surface area contributed by atoms with E-state index in [0.29, 0.717) is 0 Å². The van der Waals surface area contributed by atoms with E-state index >= 15 is 0 Å². The molecule has 2 heterocycles. The van der Waals surface area contributed by atoms with Crippen LogP contribution in [0.5, 0.6) is 5.75 Å². The van der Waals surface area contributed by atoms with Crippen molar-refractivity contribution in [2.24, 2.45) is 11.8 Å². The van der Waals surface area contributed by atoms with Gasteiger partial charge in [0.25, 0.3) is 0 Å². The Kier molecular flexibility index (Phi) is 4.08. The predicted molar refractivity (Wildman–Crippen MR) is 73.1 cm³/mol. The highest BCUT2D eigenvalue weighted by Crippen LogP contribution is 2.27. The molecule has 3 nitrogen and oxygen atoms in total. The van der Waals surface area contributed by atoms with Crippen molar-refractivity contribution in [2.75, 3.05) is 32.8 Å². The smallest absolute Gasteiger partial charge is 0.422 e. The summed E-state index contributed by atoms with van der Waals surface area (Å²) in [5, 5.41) is 3.41. The van der Waals surface area contributed by atoms with Gasteiger partial charge in [-0.05, 0) is 42.6 Å². The Morgan fingerprint density at radius 2 is 1.71 bits per heavy atom. The molecule has 2 atom stereocenters. The molecule has 1 N–H and O–H groups in total. The number of ether oxygens (including phenoxy) is 1. The van der Waals surface area contributed by atoms with Crippen LogP contribution in [-0.4, -0.2) is 43.9 Å². The molecule has 2 saturated heterocycles. The van der Waals surface area contributed by atoms with Crippen molar-refractivity contribution in [3.05, 3.63) is 29.8 Å². The molecule has 2 fully saturated rings. The number of halogens is 3. The molecule has 0 aromatic heterocycles. The number of nitrogens with zero attached hydrogens (tertiary/aromatic N) is 1. The molecular weight excluding hydrogens is 281 g/mol. The van der Waals surface area contributed by atoms with Crippen molar-refractivity contribution in [3.63, 3.8) is 0 Å². The molecule has 21 heavy (non-hydrogen) atoms. The van der Waals surface area contributed by atoms with Gasteiger partial charge in [-0.1, -0.05) is 12.1 Å². The van der Waals surface area contributed by atoms with Gasteiger partial charge in [0.1, 0.15) is 5.75 Å². The normalized spacial score (nSPS) is 26.0. The molecule has 2 aliphatic heterocycles.